The monoisotopic (exact) mass is 219 g/mol. The maximum Gasteiger partial charge on any atom is 0.0639 e. The molecule has 1 atom stereocenters. The molecular formula is C11H25NO3. The average molecular weight is 219 g/mol. The fraction of sp³-hybridized carbons (Fsp3) is 1.00. The van der Waals surface area contributed by atoms with Crippen molar-refractivity contribution in [2.45, 2.75) is 26.9 Å². The van der Waals surface area contributed by atoms with Crippen molar-refractivity contribution in [2.24, 2.45) is 0 Å². The van der Waals surface area contributed by atoms with Crippen LogP contribution >= 0.6 is 0 Å². The highest BCUT2D eigenvalue weighted by Gasteiger charge is 2.07. The minimum atomic E-state index is -0.298. The molecule has 0 aromatic heterocycles. The molecule has 0 fully saturated rings. The highest BCUT2D eigenvalue weighted by Crippen LogP contribution is 1.93. The minimum Gasteiger partial charge on any atom is -0.392 e. The molecule has 0 aliphatic heterocycles. The van der Waals surface area contributed by atoms with Gasteiger partial charge in [-0.2, -0.15) is 0 Å². The number of hydrogen-bond donors (Lipinski definition) is 1. The Morgan fingerprint density at radius 3 is 1.87 bits per heavy atom. The summed E-state index contributed by atoms with van der Waals surface area (Å²) in [6.45, 7) is 11.1. The van der Waals surface area contributed by atoms with E-state index in [1.54, 1.807) is 6.92 Å². The van der Waals surface area contributed by atoms with E-state index < -0.39 is 0 Å². The third-order valence-electron chi connectivity index (χ3n) is 2.03. The smallest absolute Gasteiger partial charge is 0.0639 e. The van der Waals surface area contributed by atoms with Gasteiger partial charge in [-0.05, 0) is 20.8 Å². The van der Waals surface area contributed by atoms with Gasteiger partial charge in [0.2, 0.25) is 0 Å². The fourth-order valence-corrected chi connectivity index (χ4v) is 1.34. The van der Waals surface area contributed by atoms with Gasteiger partial charge in [-0.25, -0.2) is 0 Å². The summed E-state index contributed by atoms with van der Waals surface area (Å²) in [5.41, 5.74) is 0. The standard InChI is InChI=1S/C11H25NO3/c1-4-14-8-6-12(10-11(3)13)7-9-15-5-2/h11,13H,4-10H2,1-3H3/t11-/m0/s1. The van der Waals surface area contributed by atoms with Crippen LogP contribution in [0.5, 0.6) is 0 Å². The number of nitrogens with zero attached hydrogens (tertiary/aromatic N) is 1. The van der Waals surface area contributed by atoms with E-state index in [1.165, 1.54) is 0 Å². The maximum absolute atomic E-state index is 9.31. The topological polar surface area (TPSA) is 41.9 Å². The lowest BCUT2D eigenvalue weighted by Crippen LogP contribution is -2.36. The number of hydrogen-bond acceptors (Lipinski definition) is 4. The molecule has 0 amide bonds. The second kappa shape index (κ2) is 10.4. The van der Waals surface area contributed by atoms with Crippen molar-refractivity contribution in [3.8, 4) is 0 Å². The van der Waals surface area contributed by atoms with Gasteiger partial charge >= 0.3 is 0 Å². The van der Waals surface area contributed by atoms with Gasteiger partial charge in [0, 0.05) is 32.8 Å². The molecule has 0 rings (SSSR count). The number of rotatable bonds is 10. The predicted octanol–water partition coefficient (Wildman–Crippen LogP) is 0.742. The normalized spacial score (nSPS) is 13.4. The Balaban J connectivity index is 3.63. The summed E-state index contributed by atoms with van der Waals surface area (Å²) >= 11 is 0. The van der Waals surface area contributed by atoms with E-state index in [-0.39, 0.29) is 6.10 Å². The van der Waals surface area contributed by atoms with Crippen molar-refractivity contribution in [2.75, 3.05) is 46.1 Å². The van der Waals surface area contributed by atoms with E-state index in [0.29, 0.717) is 6.54 Å². The Bertz CT molecular complexity index is 121. The first-order valence-electron chi connectivity index (χ1n) is 5.76. The van der Waals surface area contributed by atoms with Gasteiger partial charge in [-0.1, -0.05) is 0 Å². The number of aliphatic hydroxyl groups excluding tert-OH is 1. The first-order valence-corrected chi connectivity index (χ1v) is 5.76. The third-order valence-corrected chi connectivity index (χ3v) is 2.03. The van der Waals surface area contributed by atoms with Gasteiger partial charge in [-0.15, -0.1) is 0 Å². The minimum absolute atomic E-state index is 0.298. The summed E-state index contributed by atoms with van der Waals surface area (Å²) in [7, 11) is 0. The van der Waals surface area contributed by atoms with Crippen LogP contribution < -0.4 is 0 Å². The lowest BCUT2D eigenvalue weighted by molar-refractivity contribution is 0.0583. The van der Waals surface area contributed by atoms with Crippen LogP contribution in [-0.4, -0.2) is 62.2 Å². The van der Waals surface area contributed by atoms with E-state index >= 15 is 0 Å². The second-order valence-corrected chi connectivity index (χ2v) is 3.54. The Labute approximate surface area is 93.2 Å². The highest BCUT2D eigenvalue weighted by molar-refractivity contribution is 4.60. The van der Waals surface area contributed by atoms with E-state index in [0.717, 1.165) is 39.5 Å². The molecule has 15 heavy (non-hydrogen) atoms. The molecule has 0 radical (unpaired) electrons. The quantitative estimate of drug-likeness (QED) is 0.550. The maximum atomic E-state index is 9.31. The van der Waals surface area contributed by atoms with Gasteiger partial charge in [0.15, 0.2) is 0 Å². The van der Waals surface area contributed by atoms with Crippen molar-refractivity contribution in [3.63, 3.8) is 0 Å². The molecule has 0 aliphatic carbocycles. The van der Waals surface area contributed by atoms with Crippen molar-refractivity contribution in [1.29, 1.82) is 0 Å². The van der Waals surface area contributed by atoms with Crippen molar-refractivity contribution in [3.05, 3.63) is 0 Å². The van der Waals surface area contributed by atoms with Gasteiger partial charge in [0.1, 0.15) is 0 Å². The van der Waals surface area contributed by atoms with Crippen LogP contribution in [-0.2, 0) is 9.47 Å². The van der Waals surface area contributed by atoms with Crippen LogP contribution in [0.25, 0.3) is 0 Å². The Hall–Kier alpha value is -0.160. The summed E-state index contributed by atoms with van der Waals surface area (Å²) in [4.78, 5) is 2.16. The zero-order valence-corrected chi connectivity index (χ0v) is 10.2. The summed E-state index contributed by atoms with van der Waals surface area (Å²) in [6.07, 6.45) is -0.298. The second-order valence-electron chi connectivity index (χ2n) is 3.54. The fourth-order valence-electron chi connectivity index (χ4n) is 1.34. The lowest BCUT2D eigenvalue weighted by atomic mass is 10.3. The van der Waals surface area contributed by atoms with Crippen LogP contribution in [0.1, 0.15) is 20.8 Å². The molecule has 0 aromatic carbocycles. The highest BCUT2D eigenvalue weighted by atomic mass is 16.5. The first-order chi connectivity index (χ1) is 7.20. The molecule has 92 valence electrons. The molecule has 0 saturated heterocycles. The van der Waals surface area contributed by atoms with E-state index in [1.807, 2.05) is 13.8 Å². The third kappa shape index (κ3) is 10.1. The molecule has 1 N–H and O–H groups in total. The molecule has 0 spiro atoms. The van der Waals surface area contributed by atoms with Crippen LogP contribution in [0.15, 0.2) is 0 Å². The summed E-state index contributed by atoms with van der Waals surface area (Å²) in [5.74, 6) is 0. The molecule has 4 nitrogen and oxygen atoms in total. The largest absolute Gasteiger partial charge is 0.392 e. The Morgan fingerprint density at radius 1 is 1.07 bits per heavy atom. The molecule has 4 heteroatoms. The van der Waals surface area contributed by atoms with E-state index in [2.05, 4.69) is 4.90 Å². The van der Waals surface area contributed by atoms with Gasteiger partial charge in [0.05, 0.1) is 19.3 Å². The van der Waals surface area contributed by atoms with Crippen LogP contribution in [0.3, 0.4) is 0 Å². The molecule has 0 bridgehead atoms. The molecule has 0 aromatic rings. The zero-order chi connectivity index (χ0) is 11.5. The molecule has 0 heterocycles. The van der Waals surface area contributed by atoms with Crippen molar-refractivity contribution >= 4 is 0 Å². The molecule has 0 aliphatic rings. The van der Waals surface area contributed by atoms with E-state index in [9.17, 15) is 5.11 Å². The van der Waals surface area contributed by atoms with Crippen LogP contribution in [0.2, 0.25) is 0 Å². The summed E-state index contributed by atoms with van der Waals surface area (Å²) in [5, 5.41) is 9.31. The Kier molecular flexibility index (Phi) is 10.3. The summed E-state index contributed by atoms with van der Waals surface area (Å²) < 4.78 is 10.6. The molecule has 0 saturated carbocycles. The molecule has 0 unspecified atom stereocenters. The van der Waals surface area contributed by atoms with Gasteiger partial charge in [0.25, 0.3) is 0 Å². The van der Waals surface area contributed by atoms with Crippen molar-refractivity contribution in [1.82, 2.24) is 4.90 Å². The zero-order valence-electron chi connectivity index (χ0n) is 10.2. The predicted molar refractivity (Wildman–Crippen MR) is 61.1 cm³/mol. The lowest BCUT2D eigenvalue weighted by Gasteiger charge is -2.23. The van der Waals surface area contributed by atoms with Crippen molar-refractivity contribution < 1.29 is 14.6 Å². The van der Waals surface area contributed by atoms with Crippen LogP contribution in [0, 0.1) is 0 Å². The number of aliphatic hydroxyl groups is 1. The van der Waals surface area contributed by atoms with Gasteiger partial charge < -0.3 is 14.6 Å². The SMILES string of the molecule is CCOCCN(CCOCC)C[C@H](C)O. The number of ether oxygens (including phenoxy) is 2. The van der Waals surface area contributed by atoms with E-state index in [4.69, 9.17) is 9.47 Å². The average Bonchev–Trinajstić information content (AvgIpc) is 2.17. The Morgan fingerprint density at radius 2 is 1.53 bits per heavy atom. The summed E-state index contributed by atoms with van der Waals surface area (Å²) in [6, 6.07) is 0. The van der Waals surface area contributed by atoms with Crippen LogP contribution in [0.4, 0.5) is 0 Å². The first kappa shape index (κ1) is 14.8. The molecular weight excluding hydrogens is 194 g/mol. The van der Waals surface area contributed by atoms with Gasteiger partial charge in [-0.3, -0.25) is 4.90 Å².